The first-order chi connectivity index (χ1) is 16.8. The Balaban J connectivity index is 1.60. The molecule has 0 bridgehead atoms. The number of nitrogens with zero attached hydrogens (tertiary/aromatic N) is 2. The van der Waals surface area contributed by atoms with Crippen LogP contribution >= 0.6 is 11.8 Å². The quantitative estimate of drug-likeness (QED) is 0.279. The number of carbonyl (C=O) groups excluding carboxylic acids is 1. The van der Waals surface area contributed by atoms with E-state index in [2.05, 4.69) is 10.3 Å². The maximum Gasteiger partial charge on any atom is 0.416 e. The SMILES string of the molecule is COc1ccccc1Cn1c(SCC(=O)Nc2cccc(C(F)(F)F)c2)nc2ccccc2c1=O. The predicted octanol–water partition coefficient (Wildman–Crippen LogP) is 5.20. The molecule has 0 saturated heterocycles. The maximum atomic E-state index is 13.3. The highest BCUT2D eigenvalue weighted by molar-refractivity contribution is 7.99. The van der Waals surface area contributed by atoms with Crippen LogP contribution in [0.4, 0.5) is 18.9 Å². The molecule has 0 spiro atoms. The van der Waals surface area contributed by atoms with Crippen molar-refractivity contribution < 1.29 is 22.7 Å². The minimum absolute atomic E-state index is 0.0308. The van der Waals surface area contributed by atoms with Gasteiger partial charge in [-0.25, -0.2) is 4.98 Å². The lowest BCUT2D eigenvalue weighted by Gasteiger charge is -2.15. The fourth-order valence-electron chi connectivity index (χ4n) is 3.50. The first-order valence-corrected chi connectivity index (χ1v) is 11.5. The third kappa shape index (κ3) is 5.65. The summed E-state index contributed by atoms with van der Waals surface area (Å²) in [5.74, 6) is -0.0844. The minimum atomic E-state index is -4.51. The number of aromatic nitrogens is 2. The van der Waals surface area contributed by atoms with Gasteiger partial charge in [0.05, 0.1) is 35.9 Å². The molecular weight excluding hydrogens is 479 g/mol. The molecule has 35 heavy (non-hydrogen) atoms. The van der Waals surface area contributed by atoms with E-state index in [1.807, 2.05) is 18.2 Å². The number of carbonyl (C=O) groups is 1. The summed E-state index contributed by atoms with van der Waals surface area (Å²) in [5, 5.41) is 3.20. The molecule has 0 aliphatic carbocycles. The van der Waals surface area contributed by atoms with Crippen molar-refractivity contribution in [3.63, 3.8) is 0 Å². The first kappa shape index (κ1) is 24.3. The van der Waals surface area contributed by atoms with Gasteiger partial charge in [-0.2, -0.15) is 13.2 Å². The fraction of sp³-hybridized carbons (Fsp3) is 0.160. The molecule has 4 rings (SSSR count). The Bertz CT molecular complexity index is 1440. The van der Waals surface area contributed by atoms with Gasteiger partial charge in [-0.05, 0) is 36.4 Å². The first-order valence-electron chi connectivity index (χ1n) is 10.5. The van der Waals surface area contributed by atoms with E-state index in [0.29, 0.717) is 21.8 Å². The Hall–Kier alpha value is -3.79. The fourth-order valence-corrected chi connectivity index (χ4v) is 4.30. The second-order valence-corrected chi connectivity index (χ2v) is 8.47. The van der Waals surface area contributed by atoms with Crippen LogP contribution in [0.3, 0.4) is 0 Å². The summed E-state index contributed by atoms with van der Waals surface area (Å²) in [6.45, 7) is 0.165. The van der Waals surface area contributed by atoms with Crippen LogP contribution < -0.4 is 15.6 Å². The van der Waals surface area contributed by atoms with Gasteiger partial charge in [0, 0.05) is 11.3 Å². The lowest BCUT2D eigenvalue weighted by atomic mass is 10.2. The van der Waals surface area contributed by atoms with Crippen LogP contribution in [0.1, 0.15) is 11.1 Å². The zero-order valence-electron chi connectivity index (χ0n) is 18.5. The van der Waals surface area contributed by atoms with E-state index in [1.54, 1.807) is 30.3 Å². The highest BCUT2D eigenvalue weighted by Crippen LogP contribution is 2.31. The van der Waals surface area contributed by atoms with Crippen molar-refractivity contribution in [3.05, 3.63) is 94.3 Å². The summed E-state index contributed by atoms with van der Waals surface area (Å²) in [7, 11) is 1.54. The number of hydrogen-bond donors (Lipinski definition) is 1. The average molecular weight is 500 g/mol. The van der Waals surface area contributed by atoms with E-state index >= 15 is 0 Å². The summed E-state index contributed by atoms with van der Waals surface area (Å²) in [4.78, 5) is 30.4. The van der Waals surface area contributed by atoms with Crippen LogP contribution in [-0.2, 0) is 17.5 Å². The second-order valence-electron chi connectivity index (χ2n) is 7.53. The largest absolute Gasteiger partial charge is 0.496 e. The lowest BCUT2D eigenvalue weighted by Crippen LogP contribution is -2.25. The van der Waals surface area contributed by atoms with Crippen molar-refractivity contribution in [2.24, 2.45) is 0 Å². The third-order valence-corrected chi connectivity index (χ3v) is 6.13. The Morgan fingerprint density at radius 2 is 1.80 bits per heavy atom. The second kappa shape index (κ2) is 10.2. The Labute approximate surface area is 202 Å². The smallest absolute Gasteiger partial charge is 0.416 e. The number of alkyl halides is 3. The summed E-state index contributed by atoms with van der Waals surface area (Å²) >= 11 is 1.02. The third-order valence-electron chi connectivity index (χ3n) is 5.15. The van der Waals surface area contributed by atoms with Gasteiger partial charge in [-0.3, -0.25) is 14.2 Å². The monoisotopic (exact) mass is 499 g/mol. The van der Waals surface area contributed by atoms with E-state index in [4.69, 9.17) is 4.74 Å². The van der Waals surface area contributed by atoms with E-state index in [0.717, 1.165) is 29.5 Å². The zero-order valence-corrected chi connectivity index (χ0v) is 19.3. The molecule has 1 amide bonds. The molecular formula is C25H20F3N3O3S. The standard InChI is InChI=1S/C25H20F3N3O3S/c1-34-21-12-5-2-7-16(21)14-31-23(33)19-10-3-4-11-20(19)30-24(31)35-15-22(32)29-18-9-6-8-17(13-18)25(26,27)28/h2-13H,14-15H2,1H3,(H,29,32). The van der Waals surface area contributed by atoms with Gasteiger partial charge < -0.3 is 10.1 Å². The Morgan fingerprint density at radius 3 is 2.57 bits per heavy atom. The molecule has 1 heterocycles. The van der Waals surface area contributed by atoms with Crippen molar-refractivity contribution in [3.8, 4) is 5.75 Å². The van der Waals surface area contributed by atoms with Gasteiger partial charge >= 0.3 is 6.18 Å². The average Bonchev–Trinajstić information content (AvgIpc) is 2.84. The number of anilines is 1. The number of hydrogen-bond acceptors (Lipinski definition) is 5. The van der Waals surface area contributed by atoms with Crippen molar-refractivity contribution in [1.29, 1.82) is 0 Å². The molecule has 10 heteroatoms. The van der Waals surface area contributed by atoms with E-state index < -0.39 is 17.6 Å². The topological polar surface area (TPSA) is 73.2 Å². The van der Waals surface area contributed by atoms with Crippen molar-refractivity contribution >= 4 is 34.3 Å². The molecule has 0 radical (unpaired) electrons. The number of fused-ring (bicyclic) bond motifs is 1. The molecule has 6 nitrogen and oxygen atoms in total. The molecule has 1 aromatic heterocycles. The molecule has 4 aromatic rings. The van der Waals surface area contributed by atoms with Crippen molar-refractivity contribution in [2.45, 2.75) is 17.9 Å². The number of amides is 1. The van der Waals surface area contributed by atoms with Crippen molar-refractivity contribution in [2.75, 3.05) is 18.2 Å². The van der Waals surface area contributed by atoms with Gasteiger partial charge in [0.2, 0.25) is 5.91 Å². The van der Waals surface area contributed by atoms with E-state index in [-0.39, 0.29) is 23.5 Å². The van der Waals surface area contributed by atoms with E-state index in [1.165, 1.54) is 23.8 Å². The van der Waals surface area contributed by atoms with Crippen molar-refractivity contribution in [1.82, 2.24) is 9.55 Å². The summed E-state index contributed by atoms with van der Waals surface area (Å²) in [6.07, 6.45) is -4.51. The molecule has 0 atom stereocenters. The highest BCUT2D eigenvalue weighted by atomic mass is 32.2. The molecule has 0 unspecified atom stereocenters. The number of rotatable bonds is 7. The lowest BCUT2D eigenvalue weighted by molar-refractivity contribution is -0.137. The van der Waals surface area contributed by atoms with E-state index in [9.17, 15) is 22.8 Å². The molecule has 1 N–H and O–H groups in total. The summed E-state index contributed by atoms with van der Waals surface area (Å²) in [6, 6.07) is 18.5. The highest BCUT2D eigenvalue weighted by Gasteiger charge is 2.30. The number of benzene rings is 3. The predicted molar refractivity (Wildman–Crippen MR) is 129 cm³/mol. The summed E-state index contributed by atoms with van der Waals surface area (Å²) in [5.41, 5.74) is 0.134. The number of methoxy groups -OCH3 is 1. The van der Waals surface area contributed by atoms with Crippen LogP contribution in [-0.4, -0.2) is 28.3 Å². The van der Waals surface area contributed by atoms with Crippen LogP contribution in [0, 0.1) is 0 Å². The van der Waals surface area contributed by atoms with Gasteiger partial charge in [-0.15, -0.1) is 0 Å². The summed E-state index contributed by atoms with van der Waals surface area (Å²) < 4.78 is 45.7. The molecule has 0 fully saturated rings. The molecule has 0 aliphatic heterocycles. The number of ether oxygens (including phenoxy) is 1. The van der Waals surface area contributed by atoms with Crippen LogP contribution in [0.5, 0.6) is 5.75 Å². The van der Waals surface area contributed by atoms with Gasteiger partial charge in [0.15, 0.2) is 5.16 Å². The van der Waals surface area contributed by atoms with Gasteiger partial charge in [0.25, 0.3) is 5.56 Å². The number of thioether (sulfide) groups is 1. The molecule has 180 valence electrons. The Morgan fingerprint density at radius 1 is 1.06 bits per heavy atom. The van der Waals surface area contributed by atoms with Gasteiger partial charge in [-0.1, -0.05) is 48.2 Å². The molecule has 0 saturated carbocycles. The van der Waals surface area contributed by atoms with Gasteiger partial charge in [0.1, 0.15) is 5.75 Å². The van der Waals surface area contributed by atoms with Crippen LogP contribution in [0.25, 0.3) is 10.9 Å². The van der Waals surface area contributed by atoms with Crippen LogP contribution in [0.2, 0.25) is 0 Å². The van der Waals surface area contributed by atoms with Crippen LogP contribution in [0.15, 0.2) is 82.7 Å². The molecule has 3 aromatic carbocycles. The number of nitrogens with one attached hydrogen (secondary N) is 1. The zero-order chi connectivity index (χ0) is 25.0. The maximum absolute atomic E-state index is 13.3. The number of halogens is 3. The molecule has 0 aliphatic rings. The minimum Gasteiger partial charge on any atom is -0.496 e. The number of para-hydroxylation sites is 2. The normalized spacial score (nSPS) is 11.4. The Kier molecular flexibility index (Phi) is 7.11.